The molecule has 1 unspecified atom stereocenters. The van der Waals surface area contributed by atoms with Crippen LogP contribution in [0.5, 0.6) is 0 Å². The fourth-order valence-electron chi connectivity index (χ4n) is 7.67. The first-order valence-corrected chi connectivity index (χ1v) is 18.2. The van der Waals surface area contributed by atoms with Crippen molar-refractivity contribution in [1.82, 2.24) is 9.47 Å². The molecule has 9 aromatic rings. The molecular weight excluding hydrogens is 639 g/mol. The molecule has 0 saturated carbocycles. The summed E-state index contributed by atoms with van der Waals surface area (Å²) in [7, 11) is 2.11. The Morgan fingerprint density at radius 2 is 1.12 bits per heavy atom. The van der Waals surface area contributed by atoms with Gasteiger partial charge in [-0.25, -0.2) is 4.99 Å². The number of nitrogens with zero attached hydrogens (tertiary/aromatic N) is 3. The average molecular weight is 672 g/mol. The number of aromatic nitrogens is 1. The van der Waals surface area contributed by atoms with Gasteiger partial charge in [-0.15, -0.1) is 11.3 Å². The first kappa shape index (κ1) is 29.7. The van der Waals surface area contributed by atoms with Crippen molar-refractivity contribution in [1.29, 1.82) is 0 Å². The van der Waals surface area contributed by atoms with E-state index in [2.05, 4.69) is 193 Å². The van der Waals surface area contributed by atoms with Crippen molar-refractivity contribution in [3.8, 4) is 33.4 Å². The maximum absolute atomic E-state index is 5.43. The van der Waals surface area contributed by atoms with E-state index in [4.69, 9.17) is 4.99 Å². The molecule has 242 valence electrons. The Morgan fingerprint density at radius 1 is 0.490 bits per heavy atom. The van der Waals surface area contributed by atoms with Crippen molar-refractivity contribution >= 4 is 59.0 Å². The van der Waals surface area contributed by atoms with Crippen molar-refractivity contribution in [2.45, 2.75) is 6.29 Å². The summed E-state index contributed by atoms with van der Waals surface area (Å²) in [6.45, 7) is 0. The summed E-state index contributed by atoms with van der Waals surface area (Å²) in [6.07, 6.45) is 4.05. The molecule has 1 atom stereocenters. The maximum atomic E-state index is 5.43. The Bertz CT molecular complexity index is 2820. The zero-order valence-electron chi connectivity index (χ0n) is 28.1. The molecule has 3 nitrogen and oxygen atoms in total. The molecule has 0 N–H and O–H groups in total. The van der Waals surface area contributed by atoms with Gasteiger partial charge in [0.05, 0.1) is 16.7 Å². The molecule has 0 aliphatic carbocycles. The molecule has 1 aliphatic heterocycles. The van der Waals surface area contributed by atoms with Crippen LogP contribution in [0, 0.1) is 0 Å². The summed E-state index contributed by atoms with van der Waals surface area (Å²) in [5.74, 6) is 0. The van der Waals surface area contributed by atoms with E-state index in [1.54, 1.807) is 0 Å². The summed E-state index contributed by atoms with van der Waals surface area (Å²) >= 11 is 1.88. The summed E-state index contributed by atoms with van der Waals surface area (Å²) < 4.78 is 5.05. The van der Waals surface area contributed by atoms with Gasteiger partial charge in [0, 0.05) is 49.8 Å². The third-order valence-corrected chi connectivity index (χ3v) is 11.4. The van der Waals surface area contributed by atoms with Gasteiger partial charge in [-0.2, -0.15) is 0 Å². The molecular formula is C47H33N3S. The molecule has 0 spiro atoms. The Morgan fingerprint density at radius 3 is 1.98 bits per heavy atom. The monoisotopic (exact) mass is 671 g/mol. The highest BCUT2D eigenvalue weighted by Crippen LogP contribution is 2.42. The van der Waals surface area contributed by atoms with Crippen LogP contribution in [-0.2, 0) is 0 Å². The largest absolute Gasteiger partial charge is 0.342 e. The smallest absolute Gasteiger partial charge is 0.203 e. The van der Waals surface area contributed by atoms with E-state index in [1.807, 2.05) is 11.3 Å². The van der Waals surface area contributed by atoms with Crippen LogP contribution in [0.4, 0.5) is 0 Å². The number of hydrogen-bond acceptors (Lipinski definition) is 3. The Labute approximate surface area is 300 Å². The molecule has 2 aromatic heterocycles. The predicted molar refractivity (Wildman–Crippen MR) is 218 cm³/mol. The molecule has 1 aliphatic rings. The van der Waals surface area contributed by atoms with Gasteiger partial charge in [0.1, 0.15) is 0 Å². The zero-order valence-corrected chi connectivity index (χ0v) is 28.9. The number of fused-ring (bicyclic) bond motifs is 6. The van der Waals surface area contributed by atoms with Crippen LogP contribution >= 0.6 is 11.3 Å². The fraction of sp³-hybridized carbons (Fsp3) is 0.0426. The Hall–Kier alpha value is -6.23. The van der Waals surface area contributed by atoms with Crippen LogP contribution in [0.25, 0.3) is 75.4 Å². The number of hydrogen-bond donors (Lipinski definition) is 0. The average Bonchev–Trinajstić information content (AvgIpc) is 3.74. The molecule has 0 radical (unpaired) electrons. The zero-order chi connectivity index (χ0) is 33.9. The second-order valence-electron chi connectivity index (χ2n) is 13.3. The van der Waals surface area contributed by atoms with E-state index in [0.717, 1.165) is 11.3 Å². The number of allylic oxidation sites excluding steroid dienone is 1. The molecule has 0 bridgehead atoms. The lowest BCUT2D eigenvalue weighted by molar-refractivity contribution is 0.266. The van der Waals surface area contributed by atoms with E-state index in [1.165, 1.54) is 75.4 Å². The molecule has 0 fully saturated rings. The van der Waals surface area contributed by atoms with Crippen LogP contribution in [0.2, 0.25) is 0 Å². The van der Waals surface area contributed by atoms with Crippen molar-refractivity contribution in [3.63, 3.8) is 0 Å². The van der Waals surface area contributed by atoms with Crippen molar-refractivity contribution in [3.05, 3.63) is 182 Å². The van der Waals surface area contributed by atoms with Gasteiger partial charge >= 0.3 is 0 Å². The number of para-hydroxylation sites is 1. The van der Waals surface area contributed by atoms with Crippen LogP contribution in [0.15, 0.2) is 181 Å². The number of benzene rings is 7. The highest BCUT2D eigenvalue weighted by atomic mass is 32.1. The molecule has 3 heterocycles. The Balaban J connectivity index is 1.05. The van der Waals surface area contributed by atoms with Gasteiger partial charge in [-0.3, -0.25) is 0 Å². The lowest BCUT2D eigenvalue weighted by atomic mass is 9.98. The highest BCUT2D eigenvalue weighted by Gasteiger charge is 2.24. The lowest BCUT2D eigenvalue weighted by Crippen LogP contribution is -2.27. The summed E-state index contributed by atoms with van der Waals surface area (Å²) in [5.41, 5.74) is 11.7. The minimum atomic E-state index is -0.238. The minimum absolute atomic E-state index is 0.238. The van der Waals surface area contributed by atoms with Gasteiger partial charge in [0.2, 0.25) is 6.29 Å². The van der Waals surface area contributed by atoms with Crippen molar-refractivity contribution in [2.24, 2.45) is 4.99 Å². The van der Waals surface area contributed by atoms with Gasteiger partial charge in [0.25, 0.3) is 0 Å². The second kappa shape index (κ2) is 12.0. The van der Waals surface area contributed by atoms with Crippen LogP contribution < -0.4 is 0 Å². The van der Waals surface area contributed by atoms with E-state index in [0.29, 0.717) is 0 Å². The van der Waals surface area contributed by atoms with Gasteiger partial charge < -0.3 is 9.47 Å². The van der Waals surface area contributed by atoms with Crippen molar-refractivity contribution < 1.29 is 0 Å². The van der Waals surface area contributed by atoms with E-state index in [-0.39, 0.29) is 6.29 Å². The predicted octanol–water partition coefficient (Wildman–Crippen LogP) is 12.6. The number of thiophene rings is 1. The first-order chi connectivity index (χ1) is 25.2. The fourth-order valence-corrected chi connectivity index (χ4v) is 8.91. The number of aliphatic imine (C=N–C) groups is 1. The minimum Gasteiger partial charge on any atom is -0.342 e. The van der Waals surface area contributed by atoms with Gasteiger partial charge in [0.15, 0.2) is 0 Å². The van der Waals surface area contributed by atoms with Gasteiger partial charge in [-0.05, 0) is 69.8 Å². The van der Waals surface area contributed by atoms with Crippen LogP contribution in [-0.4, -0.2) is 22.2 Å². The lowest BCUT2D eigenvalue weighted by Gasteiger charge is -2.30. The SMILES string of the molecule is CN1C=CC(c2cccc(-c3ccc(-c4ccccc4)cc3)c2)=NC1n1c2ccccc2c2cc(-c3cccc4c3sc3ccccc34)ccc21. The van der Waals surface area contributed by atoms with E-state index < -0.39 is 0 Å². The standard InChI is InChI=1S/C47H33N3S/c1-49-28-27-42(36-14-9-13-34(29-36)33-23-21-32(22-24-33)31-11-3-2-4-12-31)48-47(49)50-43-19-7-5-15-38(43)41-30-35(25-26-44(41)50)37-17-10-18-40-39-16-6-8-20-45(39)51-46(37)40/h2-30,47H,1H3. The molecule has 7 aromatic carbocycles. The number of rotatable bonds is 5. The van der Waals surface area contributed by atoms with Crippen LogP contribution in [0.3, 0.4) is 0 Å². The quantitative estimate of drug-likeness (QED) is 0.178. The molecule has 10 rings (SSSR count). The van der Waals surface area contributed by atoms with Crippen molar-refractivity contribution in [2.75, 3.05) is 7.05 Å². The highest BCUT2D eigenvalue weighted by molar-refractivity contribution is 7.26. The topological polar surface area (TPSA) is 20.5 Å². The van der Waals surface area contributed by atoms with E-state index in [9.17, 15) is 0 Å². The second-order valence-corrected chi connectivity index (χ2v) is 14.3. The first-order valence-electron chi connectivity index (χ1n) is 17.4. The summed E-state index contributed by atoms with van der Waals surface area (Å²) in [6, 6.07) is 59.2. The Kier molecular flexibility index (Phi) is 6.97. The molecule has 4 heteroatoms. The summed E-state index contributed by atoms with van der Waals surface area (Å²) in [4.78, 5) is 7.63. The summed E-state index contributed by atoms with van der Waals surface area (Å²) in [5, 5.41) is 5.12. The molecule has 0 saturated heterocycles. The molecule has 0 amide bonds. The van der Waals surface area contributed by atoms with Crippen LogP contribution in [0.1, 0.15) is 11.9 Å². The van der Waals surface area contributed by atoms with E-state index >= 15 is 0 Å². The third kappa shape index (κ3) is 4.99. The maximum Gasteiger partial charge on any atom is 0.203 e. The normalized spacial score (nSPS) is 14.6. The third-order valence-electron chi connectivity index (χ3n) is 10.2. The molecule has 51 heavy (non-hydrogen) atoms. The van der Waals surface area contributed by atoms with Gasteiger partial charge in [-0.1, -0.05) is 133 Å².